The van der Waals surface area contributed by atoms with Gasteiger partial charge >= 0.3 is 0 Å². The molecule has 0 fully saturated rings. The normalized spacial score (nSPS) is 11.0. The van der Waals surface area contributed by atoms with Gasteiger partial charge in [-0.25, -0.2) is 0 Å². The van der Waals surface area contributed by atoms with Gasteiger partial charge in [0.05, 0.1) is 6.54 Å². The van der Waals surface area contributed by atoms with E-state index in [-0.39, 0.29) is 29.9 Å². The first-order valence-electron chi connectivity index (χ1n) is 8.57. The van der Waals surface area contributed by atoms with Gasteiger partial charge in [-0.1, -0.05) is 18.2 Å². The second-order valence-electron chi connectivity index (χ2n) is 6.17. The van der Waals surface area contributed by atoms with Crippen molar-refractivity contribution in [2.75, 3.05) is 39.5 Å². The van der Waals surface area contributed by atoms with Gasteiger partial charge in [0, 0.05) is 30.7 Å². The molecule has 2 rings (SSSR count). The molecule has 2 aromatic rings. The van der Waals surface area contributed by atoms with E-state index in [4.69, 9.17) is 0 Å². The number of hydrogen-bond donors (Lipinski definition) is 3. The number of carbonyl (C=O) groups is 1. The summed E-state index contributed by atoms with van der Waals surface area (Å²) in [7, 11) is 5.51. The van der Waals surface area contributed by atoms with E-state index < -0.39 is 0 Å². The topological polar surface area (TPSA) is 68.8 Å². The highest BCUT2D eigenvalue weighted by Gasteiger charge is 2.05. The van der Waals surface area contributed by atoms with Gasteiger partial charge in [-0.3, -0.25) is 9.79 Å². The minimum atomic E-state index is -0.0221. The summed E-state index contributed by atoms with van der Waals surface area (Å²) in [4.78, 5) is 19.3. The molecule has 0 radical (unpaired) electrons. The average Bonchev–Trinajstić information content (AvgIpc) is 3.11. The third-order valence-electron chi connectivity index (χ3n) is 3.60. The Morgan fingerprint density at radius 1 is 1.19 bits per heavy atom. The third kappa shape index (κ3) is 9.21. The summed E-state index contributed by atoms with van der Waals surface area (Å²) in [6, 6.07) is 12.0. The van der Waals surface area contributed by atoms with Gasteiger partial charge in [-0.05, 0) is 49.7 Å². The number of likely N-dealkylation sites (N-methyl/N-ethyl adjacent to an activating group) is 1. The van der Waals surface area contributed by atoms with E-state index in [0.717, 1.165) is 30.2 Å². The maximum absolute atomic E-state index is 11.9. The van der Waals surface area contributed by atoms with Crippen molar-refractivity contribution in [3.05, 3.63) is 52.2 Å². The first-order chi connectivity index (χ1) is 12.6. The summed E-state index contributed by atoms with van der Waals surface area (Å²) < 4.78 is 0. The van der Waals surface area contributed by atoms with E-state index in [1.807, 2.05) is 43.3 Å². The lowest BCUT2D eigenvalue weighted by atomic mass is 10.2. The van der Waals surface area contributed by atoms with Crippen molar-refractivity contribution in [3.8, 4) is 0 Å². The van der Waals surface area contributed by atoms with Crippen LogP contribution in [0.3, 0.4) is 0 Å². The van der Waals surface area contributed by atoms with Crippen LogP contribution in [0.2, 0.25) is 0 Å². The maximum atomic E-state index is 11.9. The summed E-state index contributed by atoms with van der Waals surface area (Å²) in [5.41, 5.74) is 1.88. The van der Waals surface area contributed by atoms with Crippen molar-refractivity contribution >= 4 is 52.9 Å². The largest absolute Gasteiger partial charge is 0.356 e. The second kappa shape index (κ2) is 12.7. The Hall–Kier alpha value is -1.65. The molecular formula is C19H28IN5OS. The van der Waals surface area contributed by atoms with E-state index in [0.29, 0.717) is 13.1 Å². The Morgan fingerprint density at radius 3 is 2.67 bits per heavy atom. The smallest absolute Gasteiger partial charge is 0.238 e. The van der Waals surface area contributed by atoms with Crippen LogP contribution in [0.25, 0.3) is 0 Å². The second-order valence-corrected chi connectivity index (χ2v) is 7.20. The molecule has 8 heteroatoms. The fourth-order valence-electron chi connectivity index (χ4n) is 2.41. The molecule has 1 aromatic carbocycles. The van der Waals surface area contributed by atoms with Gasteiger partial charge in [-0.15, -0.1) is 35.3 Å². The molecule has 0 spiro atoms. The maximum Gasteiger partial charge on any atom is 0.238 e. The summed E-state index contributed by atoms with van der Waals surface area (Å²) in [6.07, 6.45) is 0.978. The summed E-state index contributed by atoms with van der Waals surface area (Å²) in [5.74, 6) is 0.745. The molecule has 0 aliphatic heterocycles. The highest BCUT2D eigenvalue weighted by molar-refractivity contribution is 14.0. The number of amides is 1. The van der Waals surface area contributed by atoms with Crippen molar-refractivity contribution in [2.45, 2.75) is 13.0 Å². The number of carbonyl (C=O) groups excluding carboxylic acids is 1. The lowest BCUT2D eigenvalue weighted by Crippen LogP contribution is -2.37. The molecule has 1 aromatic heterocycles. The van der Waals surface area contributed by atoms with Crippen LogP contribution < -0.4 is 16.0 Å². The Morgan fingerprint density at radius 2 is 2.00 bits per heavy atom. The van der Waals surface area contributed by atoms with Crippen molar-refractivity contribution in [1.29, 1.82) is 0 Å². The molecule has 0 aliphatic carbocycles. The lowest BCUT2D eigenvalue weighted by molar-refractivity contribution is -0.116. The zero-order chi connectivity index (χ0) is 18.8. The fourth-order valence-corrected chi connectivity index (χ4v) is 3.12. The zero-order valence-electron chi connectivity index (χ0n) is 16.0. The van der Waals surface area contributed by atoms with Crippen LogP contribution in [0.5, 0.6) is 0 Å². The number of nitrogens with zero attached hydrogens (tertiary/aromatic N) is 2. The highest BCUT2D eigenvalue weighted by atomic mass is 127. The van der Waals surface area contributed by atoms with Gasteiger partial charge < -0.3 is 20.9 Å². The molecule has 1 heterocycles. The predicted molar refractivity (Wildman–Crippen MR) is 125 cm³/mol. The minimum Gasteiger partial charge on any atom is -0.356 e. The van der Waals surface area contributed by atoms with Crippen LogP contribution in [0, 0.1) is 0 Å². The number of thiophene rings is 1. The molecule has 0 saturated heterocycles. The minimum absolute atomic E-state index is 0. The highest BCUT2D eigenvalue weighted by Crippen LogP contribution is 2.11. The molecule has 3 N–H and O–H groups in total. The molecule has 6 nitrogen and oxygen atoms in total. The number of guanidine groups is 1. The van der Waals surface area contributed by atoms with Crippen LogP contribution in [0.15, 0.2) is 46.8 Å². The van der Waals surface area contributed by atoms with Gasteiger partial charge in [0.15, 0.2) is 5.96 Å². The van der Waals surface area contributed by atoms with Crippen LogP contribution >= 0.6 is 35.3 Å². The van der Waals surface area contributed by atoms with E-state index in [1.165, 1.54) is 4.88 Å². The monoisotopic (exact) mass is 501 g/mol. The molecule has 0 atom stereocenters. The fraction of sp³-hybridized carbons (Fsp3) is 0.368. The van der Waals surface area contributed by atoms with Crippen molar-refractivity contribution in [3.63, 3.8) is 0 Å². The Kier molecular flexibility index (Phi) is 11.0. The summed E-state index contributed by atoms with van der Waals surface area (Å²) in [5, 5.41) is 11.6. The summed E-state index contributed by atoms with van der Waals surface area (Å²) in [6.45, 7) is 1.83. The standard InChI is InChI=1S/C19H27N5OS.HI/c1-20-19(21-10-9-17-8-5-11-26-17)22-13-15-6-4-7-16(12-15)23-18(25)14-24(2)3;/h4-8,11-12H,9-10,13-14H2,1-3H3,(H,23,25)(H2,20,21,22);1H. The number of nitrogens with one attached hydrogen (secondary N) is 3. The Balaban J connectivity index is 0.00000364. The molecule has 148 valence electrons. The number of anilines is 1. The van der Waals surface area contributed by atoms with Gasteiger partial charge in [0.25, 0.3) is 0 Å². The molecule has 27 heavy (non-hydrogen) atoms. The number of hydrogen-bond acceptors (Lipinski definition) is 4. The van der Waals surface area contributed by atoms with Crippen molar-refractivity contribution in [1.82, 2.24) is 15.5 Å². The molecule has 0 bridgehead atoms. The molecule has 0 saturated carbocycles. The first-order valence-corrected chi connectivity index (χ1v) is 9.45. The first kappa shape index (κ1) is 23.4. The van der Waals surface area contributed by atoms with Crippen molar-refractivity contribution in [2.24, 2.45) is 4.99 Å². The number of benzene rings is 1. The predicted octanol–water partition coefficient (Wildman–Crippen LogP) is 2.77. The number of aliphatic imine (C=N–C) groups is 1. The van der Waals surface area contributed by atoms with Crippen LogP contribution in [-0.2, 0) is 17.8 Å². The van der Waals surface area contributed by atoms with E-state index in [2.05, 4.69) is 38.5 Å². The molecule has 1 amide bonds. The average molecular weight is 501 g/mol. The van der Waals surface area contributed by atoms with Gasteiger partial charge in [-0.2, -0.15) is 0 Å². The van der Waals surface area contributed by atoms with Crippen molar-refractivity contribution < 1.29 is 4.79 Å². The van der Waals surface area contributed by atoms with Gasteiger partial charge in [0.1, 0.15) is 0 Å². The SMILES string of the molecule is CN=C(NCCc1cccs1)NCc1cccc(NC(=O)CN(C)C)c1.I. The van der Waals surface area contributed by atoms with Crippen LogP contribution in [-0.4, -0.2) is 51.0 Å². The van der Waals surface area contributed by atoms with Crippen LogP contribution in [0.1, 0.15) is 10.4 Å². The molecule has 0 unspecified atom stereocenters. The quantitative estimate of drug-likeness (QED) is 0.296. The molecule has 0 aliphatic rings. The zero-order valence-corrected chi connectivity index (χ0v) is 19.1. The summed E-state index contributed by atoms with van der Waals surface area (Å²) >= 11 is 1.76. The Labute approximate surface area is 182 Å². The van der Waals surface area contributed by atoms with E-state index in [1.54, 1.807) is 18.4 Å². The number of rotatable bonds is 8. The lowest BCUT2D eigenvalue weighted by Gasteiger charge is -2.13. The van der Waals surface area contributed by atoms with E-state index >= 15 is 0 Å². The Bertz CT molecular complexity index is 719. The molecular weight excluding hydrogens is 473 g/mol. The van der Waals surface area contributed by atoms with E-state index in [9.17, 15) is 4.79 Å². The number of halogens is 1. The third-order valence-corrected chi connectivity index (χ3v) is 4.53. The van der Waals surface area contributed by atoms with Crippen LogP contribution in [0.4, 0.5) is 5.69 Å². The van der Waals surface area contributed by atoms with Gasteiger partial charge in [0.2, 0.25) is 5.91 Å².